The van der Waals surface area contributed by atoms with Gasteiger partial charge in [0.1, 0.15) is 11.1 Å². The van der Waals surface area contributed by atoms with Crippen LogP contribution in [-0.2, 0) is 28.9 Å². The molecule has 0 bridgehead atoms. The molecular formula is C21H20ClFO6S. The van der Waals surface area contributed by atoms with Crippen LogP contribution in [0.4, 0.5) is 4.39 Å². The Balaban J connectivity index is 2.21. The molecule has 0 spiro atoms. The first-order chi connectivity index (χ1) is 14.2. The topological polar surface area (TPSA) is 86.7 Å². The predicted molar refractivity (Wildman–Crippen MR) is 107 cm³/mol. The van der Waals surface area contributed by atoms with Crippen molar-refractivity contribution in [2.24, 2.45) is 5.41 Å². The van der Waals surface area contributed by atoms with E-state index in [4.69, 9.17) is 21.1 Å². The molecule has 1 aliphatic carbocycles. The van der Waals surface area contributed by atoms with E-state index in [0.717, 1.165) is 6.07 Å². The second-order valence-electron chi connectivity index (χ2n) is 6.76. The molecule has 1 saturated carbocycles. The largest absolute Gasteiger partial charge is 0.465 e. The van der Waals surface area contributed by atoms with Gasteiger partial charge in [-0.25, -0.2) is 12.8 Å². The first-order valence-corrected chi connectivity index (χ1v) is 11.2. The van der Waals surface area contributed by atoms with Crippen LogP contribution in [0.1, 0.15) is 25.3 Å². The van der Waals surface area contributed by atoms with E-state index in [-0.39, 0.29) is 23.7 Å². The Hall–Kier alpha value is -2.45. The Morgan fingerprint density at radius 3 is 2.10 bits per heavy atom. The lowest BCUT2D eigenvalue weighted by Crippen LogP contribution is -2.35. The standard InChI is InChI=1S/C21H20ClFO6S/c1-3-28-19(24)21(20(25)29-4-2)17(13-6-5-7-15(23)12-13)18(21)30(26,27)16-10-8-14(22)9-11-16/h5-12,17-18H,3-4H2,1-2H3/t17-,18+/m0/s1. The smallest absolute Gasteiger partial charge is 0.325 e. The van der Waals surface area contributed by atoms with Crippen LogP contribution >= 0.6 is 11.6 Å². The van der Waals surface area contributed by atoms with Crippen LogP contribution < -0.4 is 0 Å². The molecule has 9 heteroatoms. The van der Waals surface area contributed by atoms with E-state index in [1.807, 2.05) is 0 Å². The minimum absolute atomic E-state index is 0.0659. The Kier molecular flexibility index (Phi) is 6.19. The fourth-order valence-corrected chi connectivity index (χ4v) is 6.17. The second-order valence-corrected chi connectivity index (χ2v) is 9.27. The van der Waals surface area contributed by atoms with Gasteiger partial charge in [-0.2, -0.15) is 0 Å². The van der Waals surface area contributed by atoms with Crippen molar-refractivity contribution >= 4 is 33.4 Å². The molecule has 0 radical (unpaired) electrons. The summed E-state index contributed by atoms with van der Waals surface area (Å²) in [6, 6.07) is 10.5. The van der Waals surface area contributed by atoms with Crippen molar-refractivity contribution in [3.63, 3.8) is 0 Å². The van der Waals surface area contributed by atoms with Crippen molar-refractivity contribution in [3.8, 4) is 0 Å². The number of sulfone groups is 1. The maximum absolute atomic E-state index is 13.9. The van der Waals surface area contributed by atoms with Gasteiger partial charge in [0, 0.05) is 10.9 Å². The Morgan fingerprint density at radius 1 is 1.03 bits per heavy atom. The molecule has 0 heterocycles. The summed E-state index contributed by atoms with van der Waals surface area (Å²) in [6.07, 6.45) is 0. The average Bonchev–Trinajstić information content (AvgIpc) is 3.41. The van der Waals surface area contributed by atoms with Crippen molar-refractivity contribution in [2.45, 2.75) is 29.9 Å². The van der Waals surface area contributed by atoms with Gasteiger partial charge in [-0.05, 0) is 55.8 Å². The number of hydrogen-bond acceptors (Lipinski definition) is 6. The molecule has 2 aromatic rings. The van der Waals surface area contributed by atoms with E-state index < -0.39 is 44.2 Å². The minimum Gasteiger partial charge on any atom is -0.465 e. The minimum atomic E-state index is -4.21. The van der Waals surface area contributed by atoms with Crippen molar-refractivity contribution in [2.75, 3.05) is 13.2 Å². The highest BCUT2D eigenvalue weighted by atomic mass is 35.5. The molecule has 0 amide bonds. The lowest BCUT2D eigenvalue weighted by molar-refractivity contribution is -0.164. The summed E-state index contributed by atoms with van der Waals surface area (Å²) < 4.78 is 51.0. The molecule has 160 valence electrons. The third-order valence-corrected chi connectivity index (χ3v) is 7.54. The molecule has 3 rings (SSSR count). The molecule has 0 unspecified atom stereocenters. The van der Waals surface area contributed by atoms with Crippen LogP contribution in [0.25, 0.3) is 0 Å². The van der Waals surface area contributed by atoms with E-state index in [1.54, 1.807) is 13.8 Å². The van der Waals surface area contributed by atoms with E-state index in [9.17, 15) is 22.4 Å². The highest BCUT2D eigenvalue weighted by molar-refractivity contribution is 7.92. The van der Waals surface area contributed by atoms with Gasteiger partial charge in [0.25, 0.3) is 0 Å². The van der Waals surface area contributed by atoms with Crippen molar-refractivity contribution in [3.05, 3.63) is 64.9 Å². The number of carbonyl (C=O) groups excluding carboxylic acids is 2. The normalized spacial score (nSPS) is 19.7. The summed E-state index contributed by atoms with van der Waals surface area (Å²) in [7, 11) is -4.21. The van der Waals surface area contributed by atoms with Crippen LogP contribution in [0.15, 0.2) is 53.4 Å². The molecule has 2 aromatic carbocycles. The average molecular weight is 455 g/mol. The third-order valence-electron chi connectivity index (χ3n) is 5.04. The van der Waals surface area contributed by atoms with Gasteiger partial charge in [0.2, 0.25) is 0 Å². The van der Waals surface area contributed by atoms with Crippen LogP contribution in [0.5, 0.6) is 0 Å². The van der Waals surface area contributed by atoms with Crippen LogP contribution in [-0.4, -0.2) is 38.8 Å². The molecule has 1 fully saturated rings. The van der Waals surface area contributed by atoms with Gasteiger partial charge in [0.15, 0.2) is 15.3 Å². The van der Waals surface area contributed by atoms with Crippen molar-refractivity contribution in [1.82, 2.24) is 0 Å². The summed E-state index contributed by atoms with van der Waals surface area (Å²) in [5, 5.41) is -1.18. The lowest BCUT2D eigenvalue weighted by Gasteiger charge is -2.15. The summed E-state index contributed by atoms with van der Waals surface area (Å²) in [6.45, 7) is 2.95. The molecule has 2 atom stereocenters. The monoisotopic (exact) mass is 454 g/mol. The third kappa shape index (κ3) is 3.58. The number of esters is 2. The maximum atomic E-state index is 13.9. The number of carbonyl (C=O) groups is 2. The van der Waals surface area contributed by atoms with Gasteiger partial charge in [-0.3, -0.25) is 9.59 Å². The van der Waals surface area contributed by atoms with Gasteiger partial charge >= 0.3 is 11.9 Å². The number of ether oxygens (including phenoxy) is 2. The zero-order chi connectivity index (χ0) is 22.1. The molecule has 0 aliphatic heterocycles. The first-order valence-electron chi connectivity index (χ1n) is 9.30. The summed E-state index contributed by atoms with van der Waals surface area (Å²) in [5.74, 6) is -3.81. The number of halogens is 2. The van der Waals surface area contributed by atoms with Gasteiger partial charge in [-0.15, -0.1) is 0 Å². The first kappa shape index (κ1) is 22.2. The van der Waals surface area contributed by atoms with E-state index >= 15 is 0 Å². The van der Waals surface area contributed by atoms with Crippen LogP contribution in [0.3, 0.4) is 0 Å². The highest BCUT2D eigenvalue weighted by Gasteiger charge is 2.81. The van der Waals surface area contributed by atoms with Gasteiger partial charge < -0.3 is 9.47 Å². The lowest BCUT2D eigenvalue weighted by atomic mass is 9.99. The zero-order valence-electron chi connectivity index (χ0n) is 16.3. The van der Waals surface area contributed by atoms with Gasteiger partial charge in [0.05, 0.1) is 18.1 Å². The summed E-state index contributed by atoms with van der Waals surface area (Å²) in [5.41, 5.74) is -1.93. The molecule has 0 aromatic heterocycles. The van der Waals surface area contributed by atoms with Crippen LogP contribution in [0, 0.1) is 11.2 Å². The maximum Gasteiger partial charge on any atom is 0.325 e. The Bertz CT molecular complexity index is 1050. The highest BCUT2D eigenvalue weighted by Crippen LogP contribution is 2.65. The number of rotatable bonds is 7. The second kappa shape index (κ2) is 8.35. The van der Waals surface area contributed by atoms with E-state index in [0.29, 0.717) is 5.02 Å². The molecule has 6 nitrogen and oxygen atoms in total. The number of benzene rings is 2. The fraction of sp³-hybridized carbons (Fsp3) is 0.333. The molecule has 0 N–H and O–H groups in total. The molecule has 0 saturated heterocycles. The fourth-order valence-electron chi connectivity index (χ4n) is 3.76. The van der Waals surface area contributed by atoms with Crippen molar-refractivity contribution in [1.29, 1.82) is 0 Å². The molecular weight excluding hydrogens is 435 g/mol. The Labute approximate surface area is 178 Å². The summed E-state index contributed by atoms with van der Waals surface area (Å²) in [4.78, 5) is 25.8. The zero-order valence-corrected chi connectivity index (χ0v) is 17.9. The quantitative estimate of drug-likeness (QED) is 0.470. The predicted octanol–water partition coefficient (Wildman–Crippen LogP) is 3.53. The van der Waals surface area contributed by atoms with E-state index in [1.165, 1.54) is 42.5 Å². The number of hydrogen-bond donors (Lipinski definition) is 0. The molecule has 30 heavy (non-hydrogen) atoms. The van der Waals surface area contributed by atoms with Crippen LogP contribution in [0.2, 0.25) is 5.02 Å². The van der Waals surface area contributed by atoms with Crippen molar-refractivity contribution < 1.29 is 31.9 Å². The Morgan fingerprint density at radius 2 is 1.60 bits per heavy atom. The van der Waals surface area contributed by atoms with E-state index in [2.05, 4.69) is 0 Å². The van der Waals surface area contributed by atoms with Gasteiger partial charge in [-0.1, -0.05) is 23.7 Å². The summed E-state index contributed by atoms with van der Waals surface area (Å²) >= 11 is 5.85. The molecule has 1 aliphatic rings. The SMILES string of the molecule is CCOC(=O)C1(C(=O)OCC)[C@H](S(=O)(=O)c2ccc(Cl)cc2)[C@@H]1c1cccc(F)c1.